The summed E-state index contributed by atoms with van der Waals surface area (Å²) in [6.07, 6.45) is 1.33. The van der Waals surface area contributed by atoms with Gasteiger partial charge in [-0.05, 0) is 87.5 Å². The molecule has 0 bridgehead atoms. The molecule has 1 amide bonds. The summed E-state index contributed by atoms with van der Waals surface area (Å²) in [4.78, 5) is 12.7. The van der Waals surface area contributed by atoms with Crippen molar-refractivity contribution in [3.8, 4) is 5.75 Å². The van der Waals surface area contributed by atoms with E-state index >= 15 is 0 Å². The highest BCUT2D eigenvalue weighted by Gasteiger charge is 2.23. The number of nitrogens with one attached hydrogen (secondary N) is 2. The van der Waals surface area contributed by atoms with E-state index in [1.165, 1.54) is 18.3 Å². The highest BCUT2D eigenvalue weighted by molar-refractivity contribution is 14.1. The summed E-state index contributed by atoms with van der Waals surface area (Å²) in [7, 11) is -3.84. The molecule has 0 heterocycles. The average Bonchev–Trinajstić information content (AvgIpc) is 2.77. The van der Waals surface area contributed by atoms with Crippen molar-refractivity contribution < 1.29 is 18.3 Å². The minimum absolute atomic E-state index is 0.129. The number of aromatic hydroxyl groups is 1. The molecule has 0 aliphatic carbocycles. The lowest BCUT2D eigenvalue weighted by Gasteiger charge is -2.18. The summed E-state index contributed by atoms with van der Waals surface area (Å²) in [6, 6.07) is 18.1. The predicted molar refractivity (Wildman–Crippen MR) is 145 cm³/mol. The molecule has 3 rings (SSSR count). The number of phenolic OH excluding ortho intramolecular Hbond substituents is 1. The first-order valence-electron chi connectivity index (χ1n) is 9.79. The van der Waals surface area contributed by atoms with Crippen molar-refractivity contribution in [1.82, 2.24) is 10.1 Å². The molecule has 0 aromatic heterocycles. The van der Waals surface area contributed by atoms with Crippen LogP contribution >= 0.6 is 45.2 Å². The van der Waals surface area contributed by atoms with E-state index in [0.29, 0.717) is 18.3 Å². The van der Waals surface area contributed by atoms with Gasteiger partial charge in [0.15, 0.2) is 0 Å². The van der Waals surface area contributed by atoms with E-state index in [9.17, 15) is 18.3 Å². The molecule has 33 heavy (non-hydrogen) atoms. The lowest BCUT2D eigenvalue weighted by molar-refractivity contribution is -0.121. The molecular weight excluding hydrogens is 668 g/mol. The molecule has 0 saturated heterocycles. The Kier molecular flexibility index (Phi) is 8.84. The van der Waals surface area contributed by atoms with Gasteiger partial charge in [0.05, 0.1) is 24.3 Å². The molecule has 0 saturated carbocycles. The molecule has 172 valence electrons. The first-order chi connectivity index (χ1) is 15.7. The number of aryl methyl sites for hydroxylation is 1. The normalized spacial score (nSPS) is 12.6. The summed E-state index contributed by atoms with van der Waals surface area (Å²) in [6.45, 7) is 1.88. The van der Waals surface area contributed by atoms with E-state index < -0.39 is 22.0 Å². The number of hydrogen-bond acceptors (Lipinski definition) is 5. The lowest BCUT2D eigenvalue weighted by atomic mass is 10.0. The molecule has 3 aromatic rings. The third-order valence-electron chi connectivity index (χ3n) is 4.66. The molecular formula is C23H21I2N3O4S. The molecule has 0 fully saturated rings. The Balaban J connectivity index is 1.74. The van der Waals surface area contributed by atoms with Crippen molar-refractivity contribution in [2.24, 2.45) is 5.10 Å². The Bertz CT molecular complexity index is 1240. The van der Waals surface area contributed by atoms with Gasteiger partial charge >= 0.3 is 0 Å². The van der Waals surface area contributed by atoms with Crippen molar-refractivity contribution in [1.29, 1.82) is 0 Å². The molecule has 0 spiro atoms. The quantitative estimate of drug-likeness (QED) is 0.185. The largest absolute Gasteiger partial charge is 0.506 e. The van der Waals surface area contributed by atoms with Crippen LogP contribution in [0, 0.1) is 14.1 Å². The fourth-order valence-electron chi connectivity index (χ4n) is 2.96. The first kappa shape index (κ1) is 25.6. The van der Waals surface area contributed by atoms with Crippen LogP contribution in [0.2, 0.25) is 0 Å². The predicted octanol–water partition coefficient (Wildman–Crippen LogP) is 4.47. The van der Waals surface area contributed by atoms with Crippen LogP contribution in [0.25, 0.3) is 0 Å². The molecule has 3 aromatic carbocycles. The summed E-state index contributed by atoms with van der Waals surface area (Å²) in [5.41, 5.74) is 4.77. The molecule has 0 unspecified atom stereocenters. The van der Waals surface area contributed by atoms with Crippen LogP contribution in [0.1, 0.15) is 29.2 Å². The lowest BCUT2D eigenvalue weighted by Crippen LogP contribution is -2.32. The maximum absolute atomic E-state index is 12.9. The molecule has 7 nitrogen and oxygen atoms in total. The van der Waals surface area contributed by atoms with Gasteiger partial charge in [-0.1, -0.05) is 48.0 Å². The Morgan fingerprint density at radius 1 is 1.06 bits per heavy atom. The number of hydrogen-bond donors (Lipinski definition) is 3. The minimum Gasteiger partial charge on any atom is -0.506 e. The number of carbonyl (C=O) groups excluding carboxylic acids is 1. The number of nitrogens with zero attached hydrogens (tertiary/aromatic N) is 1. The smallest absolute Gasteiger partial charge is 0.242 e. The van der Waals surface area contributed by atoms with E-state index in [2.05, 4.69) is 15.2 Å². The summed E-state index contributed by atoms with van der Waals surface area (Å²) >= 11 is 4.03. The van der Waals surface area contributed by atoms with Crippen LogP contribution in [-0.2, 0) is 14.8 Å². The first-order valence-corrected chi connectivity index (χ1v) is 13.4. The highest BCUT2D eigenvalue weighted by atomic mass is 127. The van der Waals surface area contributed by atoms with Crippen molar-refractivity contribution in [3.63, 3.8) is 0 Å². The van der Waals surface area contributed by atoms with E-state index in [0.717, 1.165) is 5.56 Å². The highest BCUT2D eigenvalue weighted by Crippen LogP contribution is 2.26. The second kappa shape index (κ2) is 11.4. The number of phenols is 1. The van der Waals surface area contributed by atoms with Crippen LogP contribution in [-0.4, -0.2) is 25.6 Å². The fourth-order valence-corrected chi connectivity index (χ4v) is 6.00. The number of rotatable bonds is 8. The number of carbonyl (C=O) groups is 1. The zero-order chi connectivity index (χ0) is 24.0. The van der Waals surface area contributed by atoms with Gasteiger partial charge < -0.3 is 5.11 Å². The van der Waals surface area contributed by atoms with Gasteiger partial charge in [0.25, 0.3) is 0 Å². The number of benzene rings is 3. The van der Waals surface area contributed by atoms with Gasteiger partial charge in [-0.15, -0.1) is 0 Å². The molecule has 10 heteroatoms. The van der Waals surface area contributed by atoms with Gasteiger partial charge in [-0.25, -0.2) is 18.6 Å². The Labute approximate surface area is 220 Å². The Morgan fingerprint density at radius 2 is 1.67 bits per heavy atom. The summed E-state index contributed by atoms with van der Waals surface area (Å²) < 4.78 is 29.8. The molecule has 0 aliphatic rings. The number of sulfonamides is 1. The monoisotopic (exact) mass is 689 g/mol. The van der Waals surface area contributed by atoms with Crippen molar-refractivity contribution in [3.05, 3.63) is 90.6 Å². The standard InChI is InChI=1S/C23H21I2N3O4S/c1-15-7-9-18(10-8-15)33(31,32)28-21(17-5-3-2-4-6-17)13-22(29)27-26-14-16-11-19(24)23(30)20(25)12-16/h2-12,14,21,28,30H,13H2,1H3,(H,27,29)/b26-14-/t21-/m1/s1. The Morgan fingerprint density at radius 3 is 2.27 bits per heavy atom. The maximum atomic E-state index is 12.9. The fraction of sp³-hybridized carbons (Fsp3) is 0.130. The topological polar surface area (TPSA) is 108 Å². The molecule has 0 aliphatic heterocycles. The van der Waals surface area contributed by atoms with Crippen LogP contribution in [0.3, 0.4) is 0 Å². The number of halogens is 2. The molecule has 1 atom stereocenters. The van der Waals surface area contributed by atoms with Crippen molar-refractivity contribution in [2.45, 2.75) is 24.3 Å². The zero-order valence-electron chi connectivity index (χ0n) is 17.5. The summed E-state index contributed by atoms with van der Waals surface area (Å²) in [5.74, 6) is -0.251. The van der Waals surface area contributed by atoms with E-state index in [-0.39, 0.29) is 17.1 Å². The van der Waals surface area contributed by atoms with Gasteiger partial charge in [-0.3, -0.25) is 4.79 Å². The molecule has 0 radical (unpaired) electrons. The maximum Gasteiger partial charge on any atom is 0.242 e. The second-order valence-electron chi connectivity index (χ2n) is 7.23. The summed E-state index contributed by atoms with van der Waals surface area (Å²) in [5, 5.41) is 13.8. The van der Waals surface area contributed by atoms with Crippen LogP contribution in [0.5, 0.6) is 5.75 Å². The molecule has 3 N–H and O–H groups in total. The number of hydrazone groups is 1. The van der Waals surface area contributed by atoms with E-state index in [4.69, 9.17) is 0 Å². The van der Waals surface area contributed by atoms with Crippen molar-refractivity contribution in [2.75, 3.05) is 0 Å². The van der Waals surface area contributed by atoms with Gasteiger partial charge in [-0.2, -0.15) is 5.10 Å². The third-order valence-corrected chi connectivity index (χ3v) is 7.79. The van der Waals surface area contributed by atoms with Gasteiger partial charge in [0.1, 0.15) is 5.75 Å². The number of amides is 1. The van der Waals surface area contributed by atoms with Crippen LogP contribution in [0.4, 0.5) is 0 Å². The SMILES string of the molecule is Cc1ccc(S(=O)(=O)N[C@H](CC(=O)N/N=C\c2cc(I)c(O)c(I)c2)c2ccccc2)cc1. The van der Waals surface area contributed by atoms with Crippen LogP contribution in [0.15, 0.2) is 76.7 Å². The van der Waals surface area contributed by atoms with Crippen molar-refractivity contribution >= 4 is 67.3 Å². The van der Waals surface area contributed by atoms with E-state index in [1.807, 2.05) is 58.2 Å². The zero-order valence-corrected chi connectivity index (χ0v) is 22.6. The second-order valence-corrected chi connectivity index (χ2v) is 11.3. The van der Waals surface area contributed by atoms with E-state index in [1.54, 1.807) is 48.5 Å². The minimum atomic E-state index is -3.84. The Hall–Kier alpha value is -2.03. The van der Waals surface area contributed by atoms with Gasteiger partial charge in [0, 0.05) is 6.42 Å². The van der Waals surface area contributed by atoms with Gasteiger partial charge in [0.2, 0.25) is 15.9 Å². The third kappa shape index (κ3) is 7.22. The van der Waals surface area contributed by atoms with Crippen LogP contribution < -0.4 is 10.1 Å². The average molecular weight is 689 g/mol.